The standard InChI is InChI=1S/C6H11ClO2/c1-4(2)5(3)9-6(7)8/h4-5H,1-3H3/t5-/m0/s1. The van der Waals surface area contributed by atoms with E-state index in [1.807, 2.05) is 20.8 Å². The number of hydrogen-bond acceptors (Lipinski definition) is 2. The van der Waals surface area contributed by atoms with Gasteiger partial charge in [0.25, 0.3) is 0 Å². The summed E-state index contributed by atoms with van der Waals surface area (Å²) in [5.41, 5.74) is -0.726. The Kier molecular flexibility index (Phi) is 3.62. The van der Waals surface area contributed by atoms with Crippen molar-refractivity contribution in [3.63, 3.8) is 0 Å². The molecule has 0 aliphatic carbocycles. The van der Waals surface area contributed by atoms with Gasteiger partial charge in [-0.15, -0.1) is 0 Å². The first-order valence-corrected chi connectivity index (χ1v) is 3.28. The zero-order chi connectivity index (χ0) is 7.44. The van der Waals surface area contributed by atoms with Crippen LogP contribution in [0.1, 0.15) is 20.8 Å². The second kappa shape index (κ2) is 3.72. The molecule has 1 atom stereocenters. The highest BCUT2D eigenvalue weighted by molar-refractivity contribution is 6.61. The molecule has 9 heavy (non-hydrogen) atoms. The van der Waals surface area contributed by atoms with Crippen LogP contribution in [-0.2, 0) is 4.74 Å². The first-order chi connectivity index (χ1) is 4.04. The van der Waals surface area contributed by atoms with Crippen LogP contribution in [0.3, 0.4) is 0 Å². The lowest BCUT2D eigenvalue weighted by Crippen LogP contribution is -2.16. The molecule has 0 radical (unpaired) electrons. The Morgan fingerprint density at radius 3 is 2.00 bits per heavy atom. The van der Waals surface area contributed by atoms with Crippen LogP contribution < -0.4 is 0 Å². The Labute approximate surface area is 60.1 Å². The smallest absolute Gasteiger partial charge is 0.404 e. The fraction of sp³-hybridized carbons (Fsp3) is 0.833. The Bertz CT molecular complexity index is 101. The fourth-order valence-corrected chi connectivity index (χ4v) is 0.423. The molecule has 2 nitrogen and oxygen atoms in total. The largest absolute Gasteiger partial charge is 0.450 e. The average molecular weight is 151 g/mol. The van der Waals surface area contributed by atoms with Gasteiger partial charge in [0.05, 0.1) is 0 Å². The molecule has 0 N–H and O–H groups in total. The molecule has 0 aromatic carbocycles. The third kappa shape index (κ3) is 4.28. The quantitative estimate of drug-likeness (QED) is 0.565. The van der Waals surface area contributed by atoms with Gasteiger partial charge in [0, 0.05) is 11.6 Å². The summed E-state index contributed by atoms with van der Waals surface area (Å²) in [4.78, 5) is 10.1. The highest BCUT2D eigenvalue weighted by Gasteiger charge is 2.09. The molecule has 0 aliphatic heterocycles. The minimum absolute atomic E-state index is 0.0880. The van der Waals surface area contributed by atoms with E-state index in [2.05, 4.69) is 4.74 Å². The van der Waals surface area contributed by atoms with Crippen molar-refractivity contribution in [1.82, 2.24) is 0 Å². The van der Waals surface area contributed by atoms with Crippen molar-refractivity contribution in [3.8, 4) is 0 Å². The second-order valence-corrected chi connectivity index (χ2v) is 2.61. The van der Waals surface area contributed by atoms with E-state index >= 15 is 0 Å². The van der Waals surface area contributed by atoms with E-state index in [1.54, 1.807) is 0 Å². The molecule has 0 heterocycles. The zero-order valence-electron chi connectivity index (χ0n) is 5.85. The molecule has 0 fully saturated rings. The highest BCUT2D eigenvalue weighted by atomic mass is 35.5. The summed E-state index contributed by atoms with van der Waals surface area (Å²) in [5, 5.41) is 0. The third-order valence-electron chi connectivity index (χ3n) is 1.22. The summed E-state index contributed by atoms with van der Waals surface area (Å²) < 4.78 is 4.64. The van der Waals surface area contributed by atoms with Crippen molar-refractivity contribution in [1.29, 1.82) is 0 Å². The summed E-state index contributed by atoms with van der Waals surface area (Å²) in [6.07, 6.45) is -0.0880. The molecule has 0 aromatic rings. The summed E-state index contributed by atoms with van der Waals surface area (Å²) in [5.74, 6) is 0.327. The SMILES string of the molecule is CC(C)[C@H](C)OC(=O)Cl. The van der Waals surface area contributed by atoms with Gasteiger partial charge in [0.15, 0.2) is 0 Å². The summed E-state index contributed by atoms with van der Waals surface area (Å²) in [7, 11) is 0. The number of rotatable bonds is 2. The van der Waals surface area contributed by atoms with Crippen LogP contribution in [-0.4, -0.2) is 11.5 Å². The molecule has 0 spiro atoms. The van der Waals surface area contributed by atoms with Crippen molar-refractivity contribution in [2.24, 2.45) is 5.92 Å². The molecular formula is C6H11ClO2. The predicted octanol–water partition coefficient (Wildman–Crippen LogP) is 2.41. The maximum absolute atomic E-state index is 10.1. The molecular weight excluding hydrogens is 140 g/mol. The molecule has 0 aliphatic rings. The van der Waals surface area contributed by atoms with E-state index in [1.165, 1.54) is 0 Å². The second-order valence-electron chi connectivity index (χ2n) is 2.30. The summed E-state index contributed by atoms with van der Waals surface area (Å²) in [6, 6.07) is 0. The number of carbonyl (C=O) groups excluding carboxylic acids is 1. The van der Waals surface area contributed by atoms with E-state index < -0.39 is 5.43 Å². The Morgan fingerprint density at radius 2 is 1.89 bits per heavy atom. The molecule has 0 amide bonds. The van der Waals surface area contributed by atoms with Crippen LogP contribution in [0.2, 0.25) is 0 Å². The minimum Gasteiger partial charge on any atom is -0.450 e. The lowest BCUT2D eigenvalue weighted by atomic mass is 10.1. The van der Waals surface area contributed by atoms with E-state index in [9.17, 15) is 4.79 Å². The van der Waals surface area contributed by atoms with E-state index in [4.69, 9.17) is 11.6 Å². The Morgan fingerprint density at radius 1 is 1.44 bits per heavy atom. The fourth-order valence-electron chi connectivity index (χ4n) is 0.282. The highest BCUT2D eigenvalue weighted by Crippen LogP contribution is 2.06. The first-order valence-electron chi connectivity index (χ1n) is 2.90. The molecule has 54 valence electrons. The van der Waals surface area contributed by atoms with Crippen molar-refractivity contribution in [2.45, 2.75) is 26.9 Å². The van der Waals surface area contributed by atoms with E-state index in [-0.39, 0.29) is 6.10 Å². The number of hydrogen-bond donors (Lipinski definition) is 0. The van der Waals surface area contributed by atoms with Gasteiger partial charge in [-0.2, -0.15) is 0 Å². The van der Waals surface area contributed by atoms with Crippen LogP contribution in [0.5, 0.6) is 0 Å². The third-order valence-corrected chi connectivity index (χ3v) is 1.31. The van der Waals surface area contributed by atoms with Crippen molar-refractivity contribution in [3.05, 3.63) is 0 Å². The maximum Gasteiger partial charge on any atom is 0.404 e. The summed E-state index contributed by atoms with van der Waals surface area (Å²) >= 11 is 4.96. The van der Waals surface area contributed by atoms with Crippen molar-refractivity contribution < 1.29 is 9.53 Å². The first kappa shape index (κ1) is 8.76. The minimum atomic E-state index is -0.726. The van der Waals surface area contributed by atoms with Gasteiger partial charge in [-0.1, -0.05) is 13.8 Å². The van der Waals surface area contributed by atoms with Crippen molar-refractivity contribution >= 4 is 17.0 Å². The van der Waals surface area contributed by atoms with Gasteiger partial charge in [0.1, 0.15) is 6.10 Å². The number of carbonyl (C=O) groups is 1. The number of ether oxygens (including phenoxy) is 1. The topological polar surface area (TPSA) is 26.3 Å². The normalized spacial score (nSPS) is 13.4. The van der Waals surface area contributed by atoms with E-state index in [0.29, 0.717) is 5.92 Å². The molecule has 0 saturated carbocycles. The molecule has 3 heteroatoms. The van der Waals surface area contributed by atoms with Gasteiger partial charge < -0.3 is 4.74 Å². The van der Waals surface area contributed by atoms with Crippen LogP contribution in [0.15, 0.2) is 0 Å². The van der Waals surface area contributed by atoms with Gasteiger partial charge in [-0.05, 0) is 12.8 Å². The zero-order valence-corrected chi connectivity index (χ0v) is 6.61. The van der Waals surface area contributed by atoms with Gasteiger partial charge >= 0.3 is 5.43 Å². The van der Waals surface area contributed by atoms with Crippen molar-refractivity contribution in [2.75, 3.05) is 0 Å². The lowest BCUT2D eigenvalue weighted by Gasteiger charge is -2.13. The molecule has 0 aromatic heterocycles. The molecule has 0 saturated heterocycles. The Balaban J connectivity index is 3.50. The van der Waals surface area contributed by atoms with Crippen LogP contribution >= 0.6 is 11.6 Å². The predicted molar refractivity (Wildman–Crippen MR) is 36.6 cm³/mol. The number of halogens is 1. The molecule has 0 bridgehead atoms. The molecule has 0 unspecified atom stereocenters. The van der Waals surface area contributed by atoms with Gasteiger partial charge in [-0.3, -0.25) is 0 Å². The van der Waals surface area contributed by atoms with Crippen LogP contribution in [0.25, 0.3) is 0 Å². The van der Waals surface area contributed by atoms with Gasteiger partial charge in [-0.25, -0.2) is 4.79 Å². The Hall–Kier alpha value is -0.240. The van der Waals surface area contributed by atoms with Crippen LogP contribution in [0.4, 0.5) is 4.79 Å². The maximum atomic E-state index is 10.1. The van der Waals surface area contributed by atoms with Gasteiger partial charge in [0.2, 0.25) is 0 Å². The van der Waals surface area contributed by atoms with Crippen LogP contribution in [0, 0.1) is 5.92 Å². The van der Waals surface area contributed by atoms with E-state index in [0.717, 1.165) is 0 Å². The summed E-state index contributed by atoms with van der Waals surface area (Å²) in [6.45, 7) is 5.74. The molecule has 0 rings (SSSR count). The average Bonchev–Trinajstić information content (AvgIpc) is 1.63. The monoisotopic (exact) mass is 150 g/mol. The lowest BCUT2D eigenvalue weighted by molar-refractivity contribution is 0.104.